The van der Waals surface area contributed by atoms with Gasteiger partial charge in [-0.3, -0.25) is 0 Å². The molecule has 21 heavy (non-hydrogen) atoms. The van der Waals surface area contributed by atoms with Gasteiger partial charge in [-0.2, -0.15) is 0 Å². The van der Waals surface area contributed by atoms with Crippen LogP contribution in [0.1, 0.15) is 24.6 Å². The zero-order chi connectivity index (χ0) is 15.6. The van der Waals surface area contributed by atoms with E-state index in [9.17, 15) is 4.79 Å². The van der Waals surface area contributed by atoms with Gasteiger partial charge >= 0.3 is 6.03 Å². The zero-order valence-corrected chi connectivity index (χ0v) is 13.5. The van der Waals surface area contributed by atoms with E-state index in [1.54, 1.807) is 31.5 Å². The first-order chi connectivity index (χ1) is 9.93. The van der Waals surface area contributed by atoms with Gasteiger partial charge in [0.2, 0.25) is 0 Å². The minimum absolute atomic E-state index is 0.331. The summed E-state index contributed by atoms with van der Waals surface area (Å²) >= 11 is 7.63. The summed E-state index contributed by atoms with van der Waals surface area (Å²) in [6.45, 7) is 4.12. The second-order valence-electron chi connectivity index (χ2n) is 4.69. The summed E-state index contributed by atoms with van der Waals surface area (Å²) in [5.41, 5.74) is 5.97. The highest BCUT2D eigenvalue weighted by atomic mass is 35.5. The van der Waals surface area contributed by atoms with Crippen molar-refractivity contribution >= 4 is 39.8 Å². The average molecular weight is 326 g/mol. The monoisotopic (exact) mass is 325 g/mol. The van der Waals surface area contributed by atoms with Crippen LogP contribution in [0.2, 0.25) is 5.02 Å². The molecule has 1 aromatic heterocycles. The van der Waals surface area contributed by atoms with E-state index in [-0.39, 0.29) is 0 Å². The fourth-order valence-corrected chi connectivity index (χ4v) is 2.95. The van der Waals surface area contributed by atoms with Gasteiger partial charge in [0.05, 0.1) is 17.8 Å². The number of rotatable bonds is 4. The summed E-state index contributed by atoms with van der Waals surface area (Å²) in [6, 6.07) is 4.40. The van der Waals surface area contributed by atoms with E-state index in [1.165, 1.54) is 16.2 Å². The molecule has 0 saturated heterocycles. The van der Waals surface area contributed by atoms with Crippen molar-refractivity contribution in [2.24, 2.45) is 5.73 Å². The molecule has 112 valence electrons. The highest BCUT2D eigenvalue weighted by Gasteiger charge is 2.22. The molecule has 5 nitrogen and oxygen atoms in total. The lowest BCUT2D eigenvalue weighted by molar-refractivity contribution is 0.256. The molecule has 2 rings (SSSR count). The SMILES string of the molecule is COc1ccc(N(C(N)=O)c2ncc(C(C)C)s2)c(Cl)c1. The number of halogens is 1. The lowest BCUT2D eigenvalue weighted by atomic mass is 10.2. The molecule has 0 unspecified atom stereocenters. The van der Waals surface area contributed by atoms with E-state index < -0.39 is 6.03 Å². The number of carbonyl (C=O) groups is 1. The fourth-order valence-electron chi connectivity index (χ4n) is 1.76. The predicted octanol–water partition coefficient (Wildman–Crippen LogP) is 4.15. The lowest BCUT2D eigenvalue weighted by Crippen LogP contribution is -2.31. The van der Waals surface area contributed by atoms with E-state index >= 15 is 0 Å². The number of primary amides is 1. The fraction of sp³-hybridized carbons (Fsp3) is 0.286. The molecule has 0 aliphatic heterocycles. The van der Waals surface area contributed by atoms with Crippen molar-refractivity contribution in [3.05, 3.63) is 34.3 Å². The third-order valence-electron chi connectivity index (χ3n) is 2.89. The summed E-state index contributed by atoms with van der Waals surface area (Å²) in [7, 11) is 1.55. The first kappa shape index (κ1) is 15.6. The van der Waals surface area contributed by atoms with Crippen LogP contribution in [0.5, 0.6) is 5.75 Å². The maximum atomic E-state index is 11.8. The van der Waals surface area contributed by atoms with E-state index in [2.05, 4.69) is 18.8 Å². The molecule has 1 heterocycles. The van der Waals surface area contributed by atoms with Gasteiger partial charge in [-0.05, 0) is 18.1 Å². The van der Waals surface area contributed by atoms with E-state index in [0.717, 1.165) is 4.88 Å². The molecule has 2 amide bonds. The first-order valence-electron chi connectivity index (χ1n) is 6.33. The van der Waals surface area contributed by atoms with Gasteiger partial charge in [0.15, 0.2) is 5.13 Å². The van der Waals surface area contributed by atoms with Crippen LogP contribution in [0.3, 0.4) is 0 Å². The molecule has 0 aliphatic carbocycles. The quantitative estimate of drug-likeness (QED) is 0.918. The van der Waals surface area contributed by atoms with Gasteiger partial charge < -0.3 is 10.5 Å². The smallest absolute Gasteiger partial charge is 0.325 e. The van der Waals surface area contributed by atoms with Gasteiger partial charge in [-0.15, -0.1) is 11.3 Å². The summed E-state index contributed by atoms with van der Waals surface area (Å²) in [4.78, 5) is 18.5. The average Bonchev–Trinajstić information content (AvgIpc) is 2.90. The number of urea groups is 1. The molecular formula is C14H16ClN3O2S. The van der Waals surface area contributed by atoms with Crippen molar-refractivity contribution in [2.75, 3.05) is 12.0 Å². The Kier molecular flexibility index (Phi) is 4.69. The number of amides is 2. The number of nitrogens with two attached hydrogens (primary N) is 1. The second-order valence-corrected chi connectivity index (χ2v) is 6.14. The molecule has 2 aromatic rings. The Balaban J connectivity index is 2.45. The number of hydrogen-bond donors (Lipinski definition) is 1. The Bertz CT molecular complexity index is 657. The van der Waals surface area contributed by atoms with E-state index in [4.69, 9.17) is 22.1 Å². The standard InChI is InChI=1S/C14H16ClN3O2S/c1-8(2)12-7-17-14(21-12)18(13(16)19)11-5-4-9(20-3)6-10(11)15/h4-8H,1-3H3,(H2,16,19). The van der Waals surface area contributed by atoms with Crippen LogP contribution in [0.25, 0.3) is 0 Å². The molecule has 0 fully saturated rings. The minimum atomic E-state index is -0.633. The maximum absolute atomic E-state index is 11.8. The number of benzene rings is 1. The van der Waals surface area contributed by atoms with Crippen molar-refractivity contribution < 1.29 is 9.53 Å². The first-order valence-corrected chi connectivity index (χ1v) is 7.52. The number of anilines is 2. The zero-order valence-electron chi connectivity index (χ0n) is 12.0. The van der Waals surface area contributed by atoms with Crippen LogP contribution in [-0.4, -0.2) is 18.1 Å². The Hall–Kier alpha value is -1.79. The van der Waals surface area contributed by atoms with Crippen LogP contribution in [0.4, 0.5) is 15.6 Å². The Morgan fingerprint density at radius 2 is 2.19 bits per heavy atom. The molecule has 1 aromatic carbocycles. The summed E-state index contributed by atoms with van der Waals surface area (Å²) < 4.78 is 5.10. The van der Waals surface area contributed by atoms with E-state index in [0.29, 0.717) is 27.5 Å². The number of nitrogens with zero attached hydrogens (tertiary/aromatic N) is 2. The van der Waals surface area contributed by atoms with Gasteiger partial charge in [-0.1, -0.05) is 25.4 Å². The van der Waals surface area contributed by atoms with Crippen LogP contribution >= 0.6 is 22.9 Å². The maximum Gasteiger partial charge on any atom is 0.325 e. The van der Waals surface area contributed by atoms with Crippen molar-refractivity contribution in [1.29, 1.82) is 0 Å². The van der Waals surface area contributed by atoms with Gasteiger partial charge in [0, 0.05) is 17.1 Å². The molecule has 0 radical (unpaired) electrons. The van der Waals surface area contributed by atoms with Crippen LogP contribution in [-0.2, 0) is 0 Å². The van der Waals surface area contributed by atoms with Crippen molar-refractivity contribution in [1.82, 2.24) is 4.98 Å². The third-order valence-corrected chi connectivity index (χ3v) is 4.47. The summed E-state index contributed by atoms with van der Waals surface area (Å²) in [6.07, 6.45) is 1.75. The number of hydrogen-bond acceptors (Lipinski definition) is 4. The summed E-state index contributed by atoms with van der Waals surface area (Å²) in [5, 5.41) is 0.868. The van der Waals surface area contributed by atoms with Gasteiger partial charge in [0.25, 0.3) is 0 Å². The number of carbonyl (C=O) groups excluding carboxylic acids is 1. The molecule has 2 N–H and O–H groups in total. The minimum Gasteiger partial charge on any atom is -0.497 e. The Labute approximate surface area is 132 Å². The van der Waals surface area contributed by atoms with Crippen molar-refractivity contribution in [3.63, 3.8) is 0 Å². The molecule has 0 bridgehead atoms. The molecule has 0 atom stereocenters. The van der Waals surface area contributed by atoms with E-state index in [1.807, 2.05) is 0 Å². The molecule has 0 saturated carbocycles. The van der Waals surface area contributed by atoms with Crippen LogP contribution in [0, 0.1) is 0 Å². The van der Waals surface area contributed by atoms with Gasteiger partial charge in [0.1, 0.15) is 5.75 Å². The normalized spacial score (nSPS) is 10.7. The second kappa shape index (κ2) is 6.32. The highest BCUT2D eigenvalue weighted by Crippen LogP contribution is 2.37. The third kappa shape index (κ3) is 3.28. The van der Waals surface area contributed by atoms with Crippen molar-refractivity contribution in [2.45, 2.75) is 19.8 Å². The van der Waals surface area contributed by atoms with Gasteiger partial charge in [-0.25, -0.2) is 14.7 Å². The number of methoxy groups -OCH3 is 1. The topological polar surface area (TPSA) is 68.5 Å². The molecule has 0 spiro atoms. The van der Waals surface area contributed by atoms with Crippen LogP contribution < -0.4 is 15.4 Å². The lowest BCUT2D eigenvalue weighted by Gasteiger charge is -2.19. The largest absolute Gasteiger partial charge is 0.497 e. The Morgan fingerprint density at radius 1 is 1.48 bits per heavy atom. The Morgan fingerprint density at radius 3 is 2.67 bits per heavy atom. The number of aromatic nitrogens is 1. The predicted molar refractivity (Wildman–Crippen MR) is 85.9 cm³/mol. The van der Waals surface area contributed by atoms with Crippen LogP contribution in [0.15, 0.2) is 24.4 Å². The number of thiazole rings is 1. The summed E-state index contributed by atoms with van der Waals surface area (Å²) in [5.74, 6) is 0.937. The molecule has 7 heteroatoms. The molecular weight excluding hydrogens is 310 g/mol. The van der Waals surface area contributed by atoms with Crippen molar-refractivity contribution in [3.8, 4) is 5.75 Å². The highest BCUT2D eigenvalue weighted by molar-refractivity contribution is 7.16. The number of ether oxygens (including phenoxy) is 1. The molecule has 0 aliphatic rings.